The van der Waals surface area contributed by atoms with E-state index in [0.717, 1.165) is 20.9 Å². The summed E-state index contributed by atoms with van der Waals surface area (Å²) >= 11 is 1.15. The van der Waals surface area contributed by atoms with Crippen molar-refractivity contribution >= 4 is 0 Å². The molecule has 0 aromatic heterocycles. The summed E-state index contributed by atoms with van der Waals surface area (Å²) in [6.07, 6.45) is -20.6. The van der Waals surface area contributed by atoms with Crippen LogP contribution < -0.4 is 0 Å². The van der Waals surface area contributed by atoms with Gasteiger partial charge < -0.3 is 17.6 Å². The van der Waals surface area contributed by atoms with Gasteiger partial charge in [-0.3, -0.25) is 0 Å². The Morgan fingerprint density at radius 2 is 0.731 bits per heavy atom. The average Bonchev–Trinajstić information content (AvgIpc) is 2.20. The Morgan fingerprint density at radius 1 is 0.615 bits per heavy atom. The van der Waals surface area contributed by atoms with E-state index in [-0.39, 0.29) is 13.0 Å². The predicted octanol–water partition coefficient (Wildman–Crippen LogP) is 5.15. The summed E-state index contributed by atoms with van der Waals surface area (Å²) in [5.41, 5.74) is -6.97. The zero-order valence-electron chi connectivity index (χ0n) is 15.2. The Labute approximate surface area is 158 Å². The number of nitrogens with zero attached hydrogens (tertiary/aromatic N) is 1. The molecule has 0 rings (SSSR count). The molecule has 0 aliphatic rings. The van der Waals surface area contributed by atoms with Gasteiger partial charge in [-0.05, 0) is 20.8 Å². The van der Waals surface area contributed by atoms with Crippen LogP contribution in [-0.4, -0.2) is 45.5 Å². The molecule has 0 atom stereocenters. The second-order valence-corrected chi connectivity index (χ2v) is 7.36. The standard InChI is InChI=1S/C4HF9O.C4H9N.C4H10O.CH3.Ta/c5-2(6,7)1(14,3(8,9)10)4(11,12)13;2*1-4(2,3)5;;/h14H;1-3H3;5H,1-3H3;1H3;/q;;;-1;. The van der Waals surface area contributed by atoms with Crippen LogP contribution >= 0.6 is 0 Å². The van der Waals surface area contributed by atoms with E-state index >= 15 is 0 Å². The minimum atomic E-state index is -6.87. The molecule has 0 spiro atoms. The fraction of sp³-hybridized carbons (Fsp3) is 0.923. The normalized spacial score (nSPS) is 13.4. The first-order chi connectivity index (χ1) is 10.3. The van der Waals surface area contributed by atoms with E-state index in [4.69, 9.17) is 10.2 Å². The fourth-order valence-electron chi connectivity index (χ4n) is 0.482. The van der Waals surface area contributed by atoms with Crippen LogP contribution in [0.2, 0.25) is 0 Å². The van der Waals surface area contributed by atoms with E-state index in [2.05, 4.69) is 24.1 Å². The van der Waals surface area contributed by atoms with E-state index < -0.39 is 29.7 Å². The Balaban J connectivity index is -0.000000168. The molecule has 26 heavy (non-hydrogen) atoms. The number of rotatable bonds is 0. The minimum Gasteiger partial charge on any atom is -0.367 e. The number of aliphatic hydroxyl groups is 2. The van der Waals surface area contributed by atoms with Gasteiger partial charge in [0.25, 0.3) is 0 Å². The second-order valence-electron chi connectivity index (χ2n) is 6.65. The van der Waals surface area contributed by atoms with E-state index in [1.165, 1.54) is 0 Å². The quantitative estimate of drug-likeness (QED) is 0.310. The van der Waals surface area contributed by atoms with E-state index in [0.29, 0.717) is 0 Å². The van der Waals surface area contributed by atoms with E-state index in [1.54, 1.807) is 20.8 Å². The smallest absolute Gasteiger partial charge is 0.367 e. The molecular formula is C13H23F9NO2Ta-. The van der Waals surface area contributed by atoms with Gasteiger partial charge in [0.15, 0.2) is 0 Å². The molecule has 0 unspecified atom stereocenters. The molecule has 0 aromatic carbocycles. The summed E-state index contributed by atoms with van der Waals surface area (Å²) in [5.74, 6) is 0. The van der Waals surface area contributed by atoms with Gasteiger partial charge in [-0.1, -0.05) is 0 Å². The Kier molecular flexibility index (Phi) is 13.4. The maximum Gasteiger partial charge on any atom is 0.435 e. The molecule has 13 heteroatoms. The molecule has 2 N–H and O–H groups in total. The van der Waals surface area contributed by atoms with Crippen molar-refractivity contribution in [3.63, 3.8) is 0 Å². The summed E-state index contributed by atoms with van der Waals surface area (Å²) < 4.78 is 107. The predicted molar refractivity (Wildman–Crippen MR) is 73.7 cm³/mol. The Morgan fingerprint density at radius 3 is 0.731 bits per heavy atom. The molecule has 0 radical (unpaired) electrons. The topological polar surface area (TPSA) is 52.8 Å². The molecule has 0 fully saturated rings. The van der Waals surface area contributed by atoms with Gasteiger partial charge in [0.05, 0.1) is 5.60 Å². The summed E-state index contributed by atoms with van der Waals surface area (Å²) in [6, 6.07) is 0. The minimum absolute atomic E-state index is 0. The number of halogens is 9. The van der Waals surface area contributed by atoms with Crippen LogP contribution in [0, 0.1) is 7.43 Å². The molecule has 0 aliphatic heterocycles. The zero-order chi connectivity index (χ0) is 21.7. The molecule has 161 valence electrons. The largest absolute Gasteiger partial charge is 0.435 e. The summed E-state index contributed by atoms with van der Waals surface area (Å²) in [4.78, 5) is 0. The van der Waals surface area contributed by atoms with Crippen molar-refractivity contribution in [1.29, 1.82) is 0 Å². The van der Waals surface area contributed by atoms with Crippen LogP contribution in [0.25, 0.3) is 0 Å². The Hall–Kier alpha value is -0.170. The summed E-state index contributed by atoms with van der Waals surface area (Å²) in [5, 5.41) is 16.2. The summed E-state index contributed by atoms with van der Waals surface area (Å²) in [7, 11) is 0. The van der Waals surface area contributed by atoms with Crippen molar-refractivity contribution in [2.75, 3.05) is 0 Å². The van der Waals surface area contributed by atoms with Crippen molar-refractivity contribution in [3.8, 4) is 0 Å². The van der Waals surface area contributed by atoms with Gasteiger partial charge in [0.2, 0.25) is 0 Å². The molecular weight excluding hydrogens is 554 g/mol. The zero-order valence-corrected chi connectivity index (χ0v) is 18.4. The van der Waals surface area contributed by atoms with Crippen molar-refractivity contribution < 1.29 is 70.6 Å². The summed E-state index contributed by atoms with van der Waals surface area (Å²) in [6.45, 7) is 11.5. The van der Waals surface area contributed by atoms with Crippen LogP contribution in [0.5, 0.6) is 0 Å². The molecule has 0 aromatic rings. The van der Waals surface area contributed by atoms with Crippen LogP contribution in [0.1, 0.15) is 41.5 Å². The van der Waals surface area contributed by atoms with Crippen LogP contribution in [0.15, 0.2) is 3.34 Å². The molecule has 0 saturated heterocycles. The number of hydrogen-bond acceptors (Lipinski definition) is 3. The molecule has 0 amide bonds. The van der Waals surface area contributed by atoms with Gasteiger partial charge in [-0.25, -0.2) is 0 Å². The van der Waals surface area contributed by atoms with Crippen molar-refractivity contribution in [3.05, 3.63) is 7.43 Å². The average molecular weight is 577 g/mol. The van der Waals surface area contributed by atoms with Crippen molar-refractivity contribution in [2.24, 2.45) is 3.34 Å². The third kappa shape index (κ3) is 14.0. The molecule has 0 heterocycles. The van der Waals surface area contributed by atoms with E-state index in [9.17, 15) is 39.5 Å². The number of hydrogen-bond donors (Lipinski definition) is 2. The van der Waals surface area contributed by atoms with Crippen LogP contribution in [0.4, 0.5) is 39.5 Å². The molecule has 0 bridgehead atoms. The fourth-order valence-corrected chi connectivity index (χ4v) is 0.482. The van der Waals surface area contributed by atoms with Gasteiger partial charge in [-0.15, -0.1) is 0 Å². The van der Waals surface area contributed by atoms with Crippen molar-refractivity contribution in [2.45, 2.75) is 76.8 Å². The van der Waals surface area contributed by atoms with E-state index in [1.807, 2.05) is 0 Å². The third-order valence-electron chi connectivity index (χ3n) is 1.53. The van der Waals surface area contributed by atoms with Crippen LogP contribution in [0.3, 0.4) is 0 Å². The first kappa shape index (κ1) is 33.4. The SMILES string of the molecule is CC(C)(C)O.CC(C)(C)[N]=[Ta].OC(C(F)(F)F)(C(F)(F)F)C(F)(F)F.[CH3-]. The van der Waals surface area contributed by atoms with Gasteiger partial charge >= 0.3 is 74.7 Å². The maximum atomic E-state index is 11.4. The third-order valence-corrected chi connectivity index (χ3v) is 3.69. The van der Waals surface area contributed by atoms with Crippen molar-refractivity contribution in [1.82, 2.24) is 0 Å². The van der Waals surface area contributed by atoms with Gasteiger partial charge in [0, 0.05) is 0 Å². The van der Waals surface area contributed by atoms with Gasteiger partial charge in [0.1, 0.15) is 0 Å². The van der Waals surface area contributed by atoms with Crippen LogP contribution in [-0.2, 0) is 20.9 Å². The van der Waals surface area contributed by atoms with Gasteiger partial charge in [-0.2, -0.15) is 39.5 Å². The Bertz CT molecular complexity index is 362. The first-order valence-electron chi connectivity index (χ1n) is 6.32. The second kappa shape index (κ2) is 10.4. The number of alkyl halides is 9. The monoisotopic (exact) mass is 577 g/mol. The molecule has 3 nitrogen and oxygen atoms in total. The molecule has 0 aliphatic carbocycles. The molecule has 0 saturated carbocycles. The maximum absolute atomic E-state index is 11.4. The first-order valence-corrected chi connectivity index (χ1v) is 7.76.